The minimum Gasteiger partial charge on any atom is -0.178 e. The van der Waals surface area contributed by atoms with Gasteiger partial charge in [0.25, 0.3) is 0 Å². The SMILES string of the molecule is SCC(S)c1nnc(C(S)CS)s1. The van der Waals surface area contributed by atoms with Gasteiger partial charge >= 0.3 is 0 Å². The van der Waals surface area contributed by atoms with Gasteiger partial charge in [0.1, 0.15) is 10.0 Å². The fourth-order valence-corrected chi connectivity index (χ4v) is 2.50. The number of rotatable bonds is 4. The van der Waals surface area contributed by atoms with E-state index in [-0.39, 0.29) is 10.5 Å². The zero-order valence-electron chi connectivity index (χ0n) is 6.66. The number of hydrogen-bond acceptors (Lipinski definition) is 7. The third-order valence-electron chi connectivity index (χ3n) is 1.37. The van der Waals surface area contributed by atoms with Crippen LogP contribution in [-0.2, 0) is 0 Å². The third-order valence-corrected chi connectivity index (χ3v) is 5.03. The summed E-state index contributed by atoms with van der Waals surface area (Å²) in [4.78, 5) is 0. The lowest BCUT2D eigenvalue weighted by molar-refractivity contribution is 0.932. The second-order valence-corrected chi connectivity index (χ2v) is 5.39. The summed E-state index contributed by atoms with van der Waals surface area (Å²) < 4.78 is 0. The standard InChI is InChI=1S/C6H10N2S5/c9-1-3(11)5-7-8-6(13-5)4(12)2-10/h3-4,9-12H,1-2H2. The van der Waals surface area contributed by atoms with E-state index in [1.54, 1.807) is 0 Å². The minimum atomic E-state index is 0.0648. The summed E-state index contributed by atoms with van der Waals surface area (Å²) in [7, 11) is 0. The van der Waals surface area contributed by atoms with Crippen LogP contribution in [0.5, 0.6) is 0 Å². The average molecular weight is 270 g/mol. The smallest absolute Gasteiger partial charge is 0.131 e. The van der Waals surface area contributed by atoms with E-state index in [0.717, 1.165) is 10.0 Å². The van der Waals surface area contributed by atoms with E-state index in [4.69, 9.17) is 0 Å². The van der Waals surface area contributed by atoms with E-state index in [1.165, 1.54) is 11.3 Å². The van der Waals surface area contributed by atoms with Crippen LogP contribution in [0.3, 0.4) is 0 Å². The number of nitrogens with zero attached hydrogens (tertiary/aromatic N) is 2. The molecule has 74 valence electrons. The molecule has 0 fully saturated rings. The first-order chi connectivity index (χ1) is 6.19. The highest BCUT2D eigenvalue weighted by molar-refractivity contribution is 7.85. The van der Waals surface area contributed by atoms with Crippen molar-refractivity contribution in [1.29, 1.82) is 0 Å². The van der Waals surface area contributed by atoms with Crippen molar-refractivity contribution in [2.45, 2.75) is 10.5 Å². The molecule has 2 unspecified atom stereocenters. The van der Waals surface area contributed by atoms with Crippen LogP contribution in [0.25, 0.3) is 0 Å². The monoisotopic (exact) mass is 270 g/mol. The molecule has 0 amide bonds. The van der Waals surface area contributed by atoms with Crippen LogP contribution in [-0.4, -0.2) is 21.7 Å². The predicted molar refractivity (Wildman–Crippen MR) is 71.1 cm³/mol. The topological polar surface area (TPSA) is 25.8 Å². The summed E-state index contributed by atoms with van der Waals surface area (Å²) in [5.41, 5.74) is 0. The van der Waals surface area contributed by atoms with E-state index in [0.29, 0.717) is 11.5 Å². The summed E-state index contributed by atoms with van der Waals surface area (Å²) in [5.74, 6) is 1.33. The zero-order chi connectivity index (χ0) is 9.84. The largest absolute Gasteiger partial charge is 0.178 e. The van der Waals surface area contributed by atoms with Gasteiger partial charge in [-0.05, 0) is 0 Å². The van der Waals surface area contributed by atoms with Crippen molar-refractivity contribution in [3.8, 4) is 0 Å². The molecule has 0 aromatic carbocycles. The molecule has 0 bridgehead atoms. The van der Waals surface area contributed by atoms with Gasteiger partial charge in [-0.2, -0.15) is 50.5 Å². The molecule has 0 saturated heterocycles. The molecule has 1 aromatic rings. The molecule has 1 heterocycles. The van der Waals surface area contributed by atoms with Gasteiger partial charge in [0, 0.05) is 11.5 Å². The first-order valence-corrected chi connectivity index (χ1v) is 6.71. The van der Waals surface area contributed by atoms with Crippen molar-refractivity contribution in [3.63, 3.8) is 0 Å². The molecule has 1 aromatic heterocycles. The Morgan fingerprint density at radius 2 is 1.38 bits per heavy atom. The molecule has 0 N–H and O–H groups in total. The van der Waals surface area contributed by atoms with E-state index in [2.05, 4.69) is 60.7 Å². The molecule has 0 saturated carbocycles. The molecule has 0 aliphatic heterocycles. The summed E-state index contributed by atoms with van der Waals surface area (Å²) in [6.45, 7) is 0. The van der Waals surface area contributed by atoms with Crippen LogP contribution in [0.4, 0.5) is 0 Å². The van der Waals surface area contributed by atoms with Gasteiger partial charge in [-0.3, -0.25) is 0 Å². The van der Waals surface area contributed by atoms with Crippen molar-refractivity contribution in [2.24, 2.45) is 0 Å². The second kappa shape index (κ2) is 5.75. The van der Waals surface area contributed by atoms with Crippen LogP contribution in [0.2, 0.25) is 0 Å². The lowest BCUT2D eigenvalue weighted by Gasteiger charge is -2.00. The van der Waals surface area contributed by atoms with Crippen LogP contribution in [0.15, 0.2) is 0 Å². The predicted octanol–water partition coefficient (Wildman–Crippen LogP) is 2.34. The molecule has 0 spiro atoms. The first kappa shape index (κ1) is 12.0. The summed E-state index contributed by atoms with van der Waals surface area (Å²) in [5, 5.41) is 9.96. The van der Waals surface area contributed by atoms with E-state index in [1.807, 2.05) is 0 Å². The lowest BCUT2D eigenvalue weighted by atomic mass is 10.5. The molecule has 0 aliphatic carbocycles. The Hall–Kier alpha value is 0.960. The average Bonchev–Trinajstić information content (AvgIpc) is 2.64. The van der Waals surface area contributed by atoms with Crippen molar-refractivity contribution < 1.29 is 0 Å². The van der Waals surface area contributed by atoms with Gasteiger partial charge in [0.2, 0.25) is 0 Å². The Bertz CT molecular complexity index is 239. The van der Waals surface area contributed by atoms with E-state index >= 15 is 0 Å². The van der Waals surface area contributed by atoms with Gasteiger partial charge in [0.15, 0.2) is 0 Å². The molecule has 1 rings (SSSR count). The summed E-state index contributed by atoms with van der Waals surface area (Å²) >= 11 is 18.4. The number of thiol groups is 4. The van der Waals surface area contributed by atoms with E-state index in [9.17, 15) is 0 Å². The van der Waals surface area contributed by atoms with Crippen molar-refractivity contribution in [2.75, 3.05) is 11.5 Å². The van der Waals surface area contributed by atoms with Crippen molar-refractivity contribution >= 4 is 61.9 Å². The van der Waals surface area contributed by atoms with Crippen LogP contribution in [0, 0.1) is 0 Å². The molecule has 0 radical (unpaired) electrons. The second-order valence-electron chi connectivity index (χ2n) is 2.38. The van der Waals surface area contributed by atoms with Gasteiger partial charge in [-0.25, -0.2) is 0 Å². The quantitative estimate of drug-likeness (QED) is 0.632. The van der Waals surface area contributed by atoms with Gasteiger partial charge in [-0.1, -0.05) is 11.3 Å². The molecule has 2 atom stereocenters. The Kier molecular flexibility index (Phi) is 5.32. The van der Waals surface area contributed by atoms with Gasteiger partial charge in [-0.15, -0.1) is 10.2 Å². The normalized spacial score (nSPS) is 15.7. The van der Waals surface area contributed by atoms with Crippen LogP contribution in [0.1, 0.15) is 20.5 Å². The Balaban J connectivity index is 2.74. The summed E-state index contributed by atoms with van der Waals surface area (Å²) in [6, 6.07) is 0. The third kappa shape index (κ3) is 3.23. The fourth-order valence-electron chi connectivity index (χ4n) is 0.672. The number of aromatic nitrogens is 2. The highest BCUT2D eigenvalue weighted by Crippen LogP contribution is 2.29. The van der Waals surface area contributed by atoms with Gasteiger partial charge < -0.3 is 0 Å². The highest BCUT2D eigenvalue weighted by Gasteiger charge is 2.14. The van der Waals surface area contributed by atoms with Crippen molar-refractivity contribution in [1.82, 2.24) is 10.2 Å². The molecule has 0 aliphatic rings. The minimum absolute atomic E-state index is 0.0648. The highest BCUT2D eigenvalue weighted by atomic mass is 32.1. The summed E-state index contributed by atoms with van der Waals surface area (Å²) in [6.07, 6.45) is 0. The Morgan fingerprint density at radius 1 is 1.00 bits per heavy atom. The fraction of sp³-hybridized carbons (Fsp3) is 0.667. The Morgan fingerprint density at radius 3 is 1.69 bits per heavy atom. The lowest BCUT2D eigenvalue weighted by Crippen LogP contribution is -1.90. The van der Waals surface area contributed by atoms with E-state index < -0.39 is 0 Å². The first-order valence-electron chi connectivity index (χ1n) is 3.60. The van der Waals surface area contributed by atoms with Crippen molar-refractivity contribution in [3.05, 3.63) is 10.0 Å². The molecule has 13 heavy (non-hydrogen) atoms. The van der Waals surface area contributed by atoms with Crippen LogP contribution >= 0.6 is 61.9 Å². The van der Waals surface area contributed by atoms with Crippen LogP contribution < -0.4 is 0 Å². The molecular weight excluding hydrogens is 260 g/mol. The maximum Gasteiger partial charge on any atom is 0.131 e. The molecule has 2 nitrogen and oxygen atoms in total. The maximum atomic E-state index is 4.32. The zero-order valence-corrected chi connectivity index (χ0v) is 11.1. The van der Waals surface area contributed by atoms with Gasteiger partial charge in [0.05, 0.1) is 10.5 Å². The molecular formula is C6H10N2S5. The Labute approximate surface area is 104 Å². The number of hydrogen-bond donors (Lipinski definition) is 4. The maximum absolute atomic E-state index is 4.32. The molecule has 7 heteroatoms.